The number of urea groups is 1. The number of aryl methyl sites for hydroxylation is 1. The van der Waals surface area contributed by atoms with Crippen molar-refractivity contribution in [2.24, 2.45) is 0 Å². The molecule has 3 rings (SSSR count). The van der Waals surface area contributed by atoms with Gasteiger partial charge in [0.1, 0.15) is 5.82 Å². The maximum atomic E-state index is 13.0. The van der Waals surface area contributed by atoms with E-state index in [-0.39, 0.29) is 17.9 Å². The summed E-state index contributed by atoms with van der Waals surface area (Å²) in [5.74, 6) is -0.305. The average Bonchev–Trinajstić information content (AvgIpc) is 2.82. The van der Waals surface area contributed by atoms with Gasteiger partial charge in [0.15, 0.2) is 0 Å². The molecule has 2 aromatic carbocycles. The van der Waals surface area contributed by atoms with Crippen LogP contribution in [0.4, 0.5) is 14.9 Å². The fraction of sp³-hybridized carbons (Fsp3) is 0.188. The number of nitrogens with one attached hydrogen (secondary N) is 1. The molecular weight excluding hydrogens is 255 g/mol. The molecule has 1 fully saturated rings. The maximum Gasteiger partial charge on any atom is 0.322 e. The smallest absolute Gasteiger partial charge is 0.322 e. The second-order valence-corrected chi connectivity index (χ2v) is 4.90. The molecule has 0 spiro atoms. The third-order valence-electron chi connectivity index (χ3n) is 3.63. The summed E-state index contributed by atoms with van der Waals surface area (Å²) >= 11 is 0. The molecule has 1 heterocycles. The Balaban J connectivity index is 2.01. The molecule has 2 amide bonds. The van der Waals surface area contributed by atoms with Crippen LogP contribution in [0.15, 0.2) is 48.5 Å². The molecule has 1 aliphatic heterocycles. The van der Waals surface area contributed by atoms with Crippen LogP contribution in [0.2, 0.25) is 0 Å². The lowest BCUT2D eigenvalue weighted by Gasteiger charge is -2.24. The molecule has 0 saturated carbocycles. The Morgan fingerprint density at radius 3 is 2.55 bits per heavy atom. The minimum atomic E-state index is -0.305. The third-order valence-corrected chi connectivity index (χ3v) is 3.63. The van der Waals surface area contributed by atoms with E-state index in [1.54, 1.807) is 17.0 Å². The van der Waals surface area contributed by atoms with Crippen LogP contribution in [0, 0.1) is 12.7 Å². The van der Waals surface area contributed by atoms with Crippen molar-refractivity contribution < 1.29 is 9.18 Å². The van der Waals surface area contributed by atoms with Crippen LogP contribution in [0.3, 0.4) is 0 Å². The normalized spacial score (nSPS) is 18.2. The van der Waals surface area contributed by atoms with Crippen LogP contribution in [0.25, 0.3) is 0 Å². The highest BCUT2D eigenvalue weighted by molar-refractivity contribution is 5.95. The van der Waals surface area contributed by atoms with Crippen molar-refractivity contribution in [2.45, 2.75) is 13.0 Å². The summed E-state index contributed by atoms with van der Waals surface area (Å²) < 4.78 is 13.0. The van der Waals surface area contributed by atoms with Crippen LogP contribution in [-0.2, 0) is 0 Å². The first-order valence-electron chi connectivity index (χ1n) is 6.55. The van der Waals surface area contributed by atoms with Gasteiger partial charge in [-0.2, -0.15) is 0 Å². The zero-order chi connectivity index (χ0) is 14.1. The molecule has 0 radical (unpaired) electrons. The van der Waals surface area contributed by atoms with Gasteiger partial charge in [-0.25, -0.2) is 9.18 Å². The molecule has 3 nitrogen and oxygen atoms in total. The molecule has 0 aromatic heterocycles. The highest BCUT2D eigenvalue weighted by atomic mass is 19.1. The van der Waals surface area contributed by atoms with Gasteiger partial charge >= 0.3 is 6.03 Å². The van der Waals surface area contributed by atoms with Crippen LogP contribution in [-0.4, -0.2) is 12.6 Å². The number of hydrogen-bond donors (Lipinski definition) is 1. The number of carbonyl (C=O) groups excluding carboxylic acids is 1. The molecule has 1 saturated heterocycles. The van der Waals surface area contributed by atoms with E-state index in [4.69, 9.17) is 0 Å². The summed E-state index contributed by atoms with van der Waals surface area (Å²) in [5.41, 5.74) is 2.95. The molecule has 1 unspecified atom stereocenters. The molecular formula is C16H15FN2O. The van der Waals surface area contributed by atoms with Crippen molar-refractivity contribution >= 4 is 11.7 Å². The van der Waals surface area contributed by atoms with Crippen molar-refractivity contribution in [3.8, 4) is 0 Å². The van der Waals surface area contributed by atoms with Gasteiger partial charge in [-0.05, 0) is 42.3 Å². The number of nitrogens with zero attached hydrogens (tertiary/aromatic N) is 1. The molecule has 20 heavy (non-hydrogen) atoms. The Morgan fingerprint density at radius 1 is 1.15 bits per heavy atom. The standard InChI is InChI=1S/C16H15FN2O/c1-11-4-2-3-5-14(11)15-10-18-16(20)19(15)13-8-6-12(17)7-9-13/h2-9,15H,10H2,1H3,(H,18,20). The number of benzene rings is 2. The van der Waals surface area contributed by atoms with Gasteiger partial charge in [-0.3, -0.25) is 4.90 Å². The number of halogens is 1. The van der Waals surface area contributed by atoms with Crippen LogP contribution < -0.4 is 10.2 Å². The van der Waals surface area contributed by atoms with E-state index in [9.17, 15) is 9.18 Å². The second-order valence-electron chi connectivity index (χ2n) is 4.90. The molecule has 1 N–H and O–H groups in total. The summed E-state index contributed by atoms with van der Waals surface area (Å²) in [6.45, 7) is 2.59. The highest BCUT2D eigenvalue weighted by Crippen LogP contribution is 2.31. The summed E-state index contributed by atoms with van der Waals surface area (Å²) in [7, 11) is 0. The lowest BCUT2D eigenvalue weighted by atomic mass is 10.0. The van der Waals surface area contributed by atoms with Gasteiger partial charge in [-0.1, -0.05) is 24.3 Å². The summed E-state index contributed by atoms with van der Waals surface area (Å²) in [6.07, 6.45) is 0. The molecule has 2 aromatic rings. The van der Waals surface area contributed by atoms with Gasteiger partial charge in [0, 0.05) is 12.2 Å². The van der Waals surface area contributed by atoms with E-state index in [1.807, 2.05) is 31.2 Å². The average molecular weight is 270 g/mol. The summed E-state index contributed by atoms with van der Waals surface area (Å²) in [5, 5.41) is 2.85. The quantitative estimate of drug-likeness (QED) is 0.891. The number of rotatable bonds is 2. The molecule has 0 aliphatic carbocycles. The SMILES string of the molecule is Cc1ccccc1C1CNC(=O)N1c1ccc(F)cc1. The van der Waals surface area contributed by atoms with E-state index >= 15 is 0 Å². The Bertz CT molecular complexity index is 639. The number of hydrogen-bond acceptors (Lipinski definition) is 1. The first-order valence-corrected chi connectivity index (χ1v) is 6.55. The minimum absolute atomic E-state index is 0.0610. The second kappa shape index (κ2) is 4.96. The van der Waals surface area contributed by atoms with Gasteiger partial charge in [0.05, 0.1) is 6.04 Å². The first kappa shape index (κ1) is 12.7. The summed E-state index contributed by atoms with van der Waals surface area (Å²) in [6, 6.07) is 13.8. The van der Waals surface area contributed by atoms with Crippen molar-refractivity contribution in [2.75, 3.05) is 11.4 Å². The Hall–Kier alpha value is -2.36. The zero-order valence-electron chi connectivity index (χ0n) is 11.1. The Kier molecular flexibility index (Phi) is 3.14. The molecule has 102 valence electrons. The van der Waals surface area contributed by atoms with E-state index in [0.717, 1.165) is 11.1 Å². The van der Waals surface area contributed by atoms with Crippen molar-refractivity contribution in [1.82, 2.24) is 5.32 Å². The number of anilines is 1. The zero-order valence-corrected chi connectivity index (χ0v) is 11.1. The molecule has 0 bridgehead atoms. The third kappa shape index (κ3) is 2.13. The Morgan fingerprint density at radius 2 is 1.85 bits per heavy atom. The van der Waals surface area contributed by atoms with E-state index in [2.05, 4.69) is 5.32 Å². The van der Waals surface area contributed by atoms with Gasteiger partial charge in [0.2, 0.25) is 0 Å². The van der Waals surface area contributed by atoms with Crippen molar-refractivity contribution in [3.05, 3.63) is 65.5 Å². The fourth-order valence-electron chi connectivity index (χ4n) is 2.61. The predicted molar refractivity (Wildman–Crippen MR) is 76.2 cm³/mol. The fourth-order valence-corrected chi connectivity index (χ4v) is 2.61. The van der Waals surface area contributed by atoms with Gasteiger partial charge in [-0.15, -0.1) is 0 Å². The molecule has 4 heteroatoms. The van der Waals surface area contributed by atoms with Crippen LogP contribution in [0.5, 0.6) is 0 Å². The predicted octanol–water partition coefficient (Wildman–Crippen LogP) is 3.41. The lowest BCUT2D eigenvalue weighted by Crippen LogP contribution is -2.29. The van der Waals surface area contributed by atoms with Crippen molar-refractivity contribution in [1.29, 1.82) is 0 Å². The monoisotopic (exact) mass is 270 g/mol. The van der Waals surface area contributed by atoms with Crippen LogP contribution >= 0.6 is 0 Å². The number of carbonyl (C=O) groups is 1. The van der Waals surface area contributed by atoms with Crippen molar-refractivity contribution in [3.63, 3.8) is 0 Å². The minimum Gasteiger partial charge on any atom is -0.335 e. The Labute approximate surface area is 117 Å². The largest absolute Gasteiger partial charge is 0.335 e. The molecule has 1 aliphatic rings. The van der Waals surface area contributed by atoms with Gasteiger partial charge < -0.3 is 5.32 Å². The number of amides is 2. The lowest BCUT2D eigenvalue weighted by molar-refractivity contribution is 0.251. The first-order chi connectivity index (χ1) is 9.66. The topological polar surface area (TPSA) is 32.3 Å². The van der Waals surface area contributed by atoms with Gasteiger partial charge in [0.25, 0.3) is 0 Å². The maximum absolute atomic E-state index is 13.0. The highest BCUT2D eigenvalue weighted by Gasteiger charge is 2.33. The summed E-state index contributed by atoms with van der Waals surface area (Å²) in [4.78, 5) is 13.8. The van der Waals surface area contributed by atoms with Crippen LogP contribution in [0.1, 0.15) is 17.2 Å². The van der Waals surface area contributed by atoms with E-state index in [0.29, 0.717) is 12.2 Å². The van der Waals surface area contributed by atoms with E-state index < -0.39 is 0 Å². The molecule has 1 atom stereocenters. The van der Waals surface area contributed by atoms with E-state index in [1.165, 1.54) is 12.1 Å².